The van der Waals surface area contributed by atoms with Crippen molar-refractivity contribution in [2.24, 2.45) is 0 Å². The number of thiazole rings is 1. The average Bonchev–Trinajstić information content (AvgIpc) is 3.44. The summed E-state index contributed by atoms with van der Waals surface area (Å²) in [5, 5.41) is 14.8. The molecule has 2 heterocycles. The lowest BCUT2D eigenvalue weighted by molar-refractivity contribution is -0.312. The second kappa shape index (κ2) is 13.2. The van der Waals surface area contributed by atoms with E-state index in [-0.39, 0.29) is 0 Å². The number of aromatic nitrogens is 1. The molecule has 0 saturated heterocycles. The minimum absolute atomic E-state index is 0.459. The number of benzene rings is 3. The molecule has 1 aliphatic rings. The molecule has 1 aliphatic heterocycles. The van der Waals surface area contributed by atoms with Gasteiger partial charge < -0.3 is 14.6 Å². The summed E-state index contributed by atoms with van der Waals surface area (Å²) in [6, 6.07) is 24.3. The van der Waals surface area contributed by atoms with E-state index in [1.54, 1.807) is 11.3 Å². The summed E-state index contributed by atoms with van der Waals surface area (Å²) in [6.45, 7) is 6.11. The van der Waals surface area contributed by atoms with Crippen LogP contribution < -0.4 is 9.84 Å². The van der Waals surface area contributed by atoms with Crippen molar-refractivity contribution in [1.82, 2.24) is 9.88 Å². The fourth-order valence-corrected chi connectivity index (χ4v) is 6.44. The van der Waals surface area contributed by atoms with E-state index in [9.17, 15) is 9.90 Å². The fraction of sp³-hybridized carbons (Fsp3) is 0.353. The Hall–Kier alpha value is -3.48. The molecule has 208 valence electrons. The summed E-state index contributed by atoms with van der Waals surface area (Å²) in [4.78, 5) is 18.7. The van der Waals surface area contributed by atoms with Crippen molar-refractivity contribution in [2.45, 2.75) is 77.6 Å². The SMILES string of the molecule is CCCC(CCC)c1ccc(COc2ccc(-c3csc(CN4Cc5ccccc5C[C@H]4C(=O)[O-])n3)cc2)cc1. The van der Waals surface area contributed by atoms with Gasteiger partial charge in [-0.2, -0.15) is 0 Å². The molecule has 0 bridgehead atoms. The average molecular weight is 554 g/mol. The number of nitrogens with zero attached hydrogens (tertiary/aromatic N) is 2. The molecule has 0 saturated carbocycles. The first kappa shape index (κ1) is 28.1. The molecule has 0 unspecified atom stereocenters. The van der Waals surface area contributed by atoms with E-state index in [1.807, 2.05) is 52.7 Å². The van der Waals surface area contributed by atoms with Gasteiger partial charge in [0.1, 0.15) is 17.4 Å². The van der Waals surface area contributed by atoms with Crippen LogP contribution in [0.3, 0.4) is 0 Å². The quantitative estimate of drug-likeness (QED) is 0.194. The van der Waals surface area contributed by atoms with Crippen molar-refractivity contribution in [3.63, 3.8) is 0 Å². The number of rotatable bonds is 12. The topological polar surface area (TPSA) is 65.5 Å². The molecule has 5 rings (SSSR count). The van der Waals surface area contributed by atoms with Crippen molar-refractivity contribution in [2.75, 3.05) is 0 Å². The largest absolute Gasteiger partial charge is 0.548 e. The molecular formula is C34H37N2O3S-. The lowest BCUT2D eigenvalue weighted by Gasteiger charge is -2.36. The maximum absolute atomic E-state index is 11.9. The van der Waals surface area contributed by atoms with Crippen LogP contribution in [0.15, 0.2) is 78.2 Å². The van der Waals surface area contributed by atoms with E-state index in [0.717, 1.165) is 27.6 Å². The highest BCUT2D eigenvalue weighted by atomic mass is 32.1. The lowest BCUT2D eigenvalue weighted by Crippen LogP contribution is -2.50. The van der Waals surface area contributed by atoms with Gasteiger partial charge in [-0.1, -0.05) is 75.2 Å². The van der Waals surface area contributed by atoms with Gasteiger partial charge in [-0.3, -0.25) is 4.90 Å². The van der Waals surface area contributed by atoms with Gasteiger partial charge in [0, 0.05) is 17.5 Å². The molecule has 0 aliphatic carbocycles. The molecule has 40 heavy (non-hydrogen) atoms. The molecule has 0 spiro atoms. The van der Waals surface area contributed by atoms with E-state index in [1.165, 1.54) is 42.4 Å². The first-order chi connectivity index (χ1) is 19.5. The summed E-state index contributed by atoms with van der Waals surface area (Å²) in [5.74, 6) is 0.438. The van der Waals surface area contributed by atoms with Crippen molar-refractivity contribution in [3.05, 3.63) is 105 Å². The number of carboxylic acid groups (broad SMARTS) is 1. The standard InChI is InChI=1S/C34H38N2O3S/c1-3-7-25(8-4-2)26-13-11-24(12-14-26)22-39-30-17-15-27(16-18-30)31-23-40-33(35-31)21-36-20-29-10-6-5-9-28(29)19-32(36)34(37)38/h5-6,9-18,23,25,32H,3-4,7-8,19-22H2,1-2H3,(H,37,38)/p-1/t32-/m0/s1. The number of ether oxygens (including phenoxy) is 1. The molecule has 0 radical (unpaired) electrons. The van der Waals surface area contributed by atoms with E-state index < -0.39 is 12.0 Å². The van der Waals surface area contributed by atoms with Gasteiger partial charge in [-0.25, -0.2) is 4.98 Å². The van der Waals surface area contributed by atoms with Gasteiger partial charge in [0.05, 0.1) is 24.2 Å². The van der Waals surface area contributed by atoms with Crippen LogP contribution in [0.25, 0.3) is 11.3 Å². The highest BCUT2D eigenvalue weighted by Gasteiger charge is 2.27. The Bertz CT molecular complexity index is 1390. The third-order valence-electron chi connectivity index (χ3n) is 7.79. The molecule has 0 fully saturated rings. The Kier molecular flexibility index (Phi) is 9.30. The smallest absolute Gasteiger partial charge is 0.119 e. The number of aliphatic carboxylic acids is 1. The van der Waals surface area contributed by atoms with Crippen molar-refractivity contribution < 1.29 is 14.6 Å². The summed E-state index contributed by atoms with van der Waals surface area (Å²) < 4.78 is 6.06. The summed E-state index contributed by atoms with van der Waals surface area (Å²) in [5.41, 5.74) is 6.74. The maximum atomic E-state index is 11.9. The third-order valence-corrected chi connectivity index (χ3v) is 8.62. The van der Waals surface area contributed by atoms with Gasteiger partial charge >= 0.3 is 0 Å². The van der Waals surface area contributed by atoms with Crippen LogP contribution in [0.5, 0.6) is 5.75 Å². The van der Waals surface area contributed by atoms with E-state index in [2.05, 4.69) is 44.2 Å². The number of carbonyl (C=O) groups is 1. The molecule has 0 N–H and O–H groups in total. The van der Waals surface area contributed by atoms with Crippen LogP contribution >= 0.6 is 11.3 Å². The Morgan fingerprint density at radius 2 is 1.70 bits per heavy atom. The second-order valence-electron chi connectivity index (χ2n) is 10.7. The first-order valence-corrected chi connectivity index (χ1v) is 15.2. The zero-order chi connectivity index (χ0) is 27.9. The number of fused-ring (bicyclic) bond motifs is 1. The fourth-order valence-electron chi connectivity index (χ4n) is 5.61. The van der Waals surface area contributed by atoms with Gasteiger partial charge in [-0.05, 0) is 71.7 Å². The van der Waals surface area contributed by atoms with E-state index in [0.29, 0.717) is 32.0 Å². The van der Waals surface area contributed by atoms with Gasteiger partial charge in [-0.15, -0.1) is 11.3 Å². The summed E-state index contributed by atoms with van der Waals surface area (Å²) in [6.07, 6.45) is 5.36. The van der Waals surface area contributed by atoms with Gasteiger partial charge in [0.2, 0.25) is 0 Å². The highest BCUT2D eigenvalue weighted by Crippen LogP contribution is 2.29. The van der Waals surface area contributed by atoms with Gasteiger partial charge in [0.25, 0.3) is 0 Å². The Labute approximate surface area is 241 Å². The molecule has 1 atom stereocenters. The summed E-state index contributed by atoms with van der Waals surface area (Å²) >= 11 is 1.56. The van der Waals surface area contributed by atoms with Crippen molar-refractivity contribution in [1.29, 1.82) is 0 Å². The first-order valence-electron chi connectivity index (χ1n) is 14.3. The number of carboxylic acids is 1. The predicted molar refractivity (Wildman–Crippen MR) is 159 cm³/mol. The molecule has 3 aromatic carbocycles. The molecular weight excluding hydrogens is 516 g/mol. The van der Waals surface area contributed by atoms with E-state index >= 15 is 0 Å². The zero-order valence-electron chi connectivity index (χ0n) is 23.3. The third kappa shape index (κ3) is 6.80. The van der Waals surface area contributed by atoms with Crippen LogP contribution in [0.2, 0.25) is 0 Å². The minimum atomic E-state index is -1.03. The van der Waals surface area contributed by atoms with Crippen LogP contribution in [-0.4, -0.2) is 21.9 Å². The lowest BCUT2D eigenvalue weighted by atomic mass is 9.90. The minimum Gasteiger partial charge on any atom is -0.548 e. The monoisotopic (exact) mass is 553 g/mol. The highest BCUT2D eigenvalue weighted by molar-refractivity contribution is 7.09. The molecule has 4 aromatic rings. The van der Waals surface area contributed by atoms with Crippen molar-refractivity contribution >= 4 is 17.3 Å². The molecule has 5 nitrogen and oxygen atoms in total. The Balaban J connectivity index is 1.18. The van der Waals surface area contributed by atoms with E-state index in [4.69, 9.17) is 9.72 Å². The molecule has 6 heteroatoms. The van der Waals surface area contributed by atoms with Crippen LogP contribution in [-0.2, 0) is 30.9 Å². The maximum Gasteiger partial charge on any atom is 0.119 e. The Morgan fingerprint density at radius 3 is 2.38 bits per heavy atom. The van der Waals surface area contributed by atoms with Crippen LogP contribution in [0.4, 0.5) is 0 Å². The number of carbonyl (C=O) groups excluding carboxylic acids is 1. The molecule has 1 aromatic heterocycles. The second-order valence-corrected chi connectivity index (χ2v) is 11.6. The summed E-state index contributed by atoms with van der Waals surface area (Å²) in [7, 11) is 0. The van der Waals surface area contributed by atoms with Crippen LogP contribution in [0.1, 0.15) is 72.7 Å². The normalized spacial score (nSPS) is 15.2. The number of hydrogen-bond acceptors (Lipinski definition) is 6. The van der Waals surface area contributed by atoms with Gasteiger partial charge in [0.15, 0.2) is 0 Å². The van der Waals surface area contributed by atoms with Crippen LogP contribution in [0, 0.1) is 0 Å². The van der Waals surface area contributed by atoms with Crippen molar-refractivity contribution in [3.8, 4) is 17.0 Å². The zero-order valence-corrected chi connectivity index (χ0v) is 24.2. The molecule has 0 amide bonds. The number of hydrogen-bond donors (Lipinski definition) is 0. The Morgan fingerprint density at radius 1 is 1.00 bits per heavy atom. The predicted octanol–water partition coefficient (Wildman–Crippen LogP) is 6.75.